The van der Waals surface area contributed by atoms with Crippen molar-refractivity contribution in [3.05, 3.63) is 29.3 Å². The Bertz CT molecular complexity index is 388. The summed E-state index contributed by atoms with van der Waals surface area (Å²) in [5.74, 6) is -0.00862. The van der Waals surface area contributed by atoms with Crippen molar-refractivity contribution < 1.29 is 4.79 Å². The fourth-order valence-corrected chi connectivity index (χ4v) is 1.60. The summed E-state index contributed by atoms with van der Waals surface area (Å²) in [6, 6.07) is 6.22. The van der Waals surface area contributed by atoms with Crippen LogP contribution < -0.4 is 10.6 Å². The first kappa shape index (κ1) is 13.6. The van der Waals surface area contributed by atoms with E-state index in [9.17, 15) is 4.79 Å². The highest BCUT2D eigenvalue weighted by Gasteiger charge is 2.07. The second-order valence-electron chi connectivity index (χ2n) is 4.34. The third-order valence-electron chi connectivity index (χ3n) is 2.84. The molecule has 0 bridgehead atoms. The summed E-state index contributed by atoms with van der Waals surface area (Å²) in [5, 5.41) is 6.23. The second-order valence-corrected chi connectivity index (χ2v) is 4.34. The highest BCUT2D eigenvalue weighted by molar-refractivity contribution is 5.94. The van der Waals surface area contributed by atoms with Gasteiger partial charge in [-0.3, -0.25) is 4.79 Å². The lowest BCUT2D eigenvalue weighted by atomic mass is 10.1. The van der Waals surface area contributed by atoms with Crippen LogP contribution in [-0.4, -0.2) is 18.5 Å². The third-order valence-corrected chi connectivity index (χ3v) is 2.84. The van der Waals surface area contributed by atoms with Gasteiger partial charge in [-0.15, -0.1) is 0 Å². The van der Waals surface area contributed by atoms with E-state index in [1.54, 1.807) is 0 Å². The number of hydrogen-bond donors (Lipinski definition) is 2. The summed E-state index contributed by atoms with van der Waals surface area (Å²) in [7, 11) is 0. The number of carbonyl (C=O) groups excluding carboxylic acids is 1. The Kier molecular flexibility index (Phi) is 5.01. The smallest absolute Gasteiger partial charge is 0.251 e. The first-order chi connectivity index (χ1) is 8.08. The Labute approximate surface area is 104 Å². The minimum Gasteiger partial charge on any atom is -0.382 e. The standard InChI is InChI=1S/C14H22N2O/c1-5-11(4)16-13-8-7-12(9-10(13)3)14(17)15-6-2/h7-9,11,16H,5-6H2,1-4H3,(H,15,17). The van der Waals surface area contributed by atoms with E-state index < -0.39 is 0 Å². The van der Waals surface area contributed by atoms with E-state index in [-0.39, 0.29) is 5.91 Å². The molecule has 1 atom stereocenters. The first-order valence-corrected chi connectivity index (χ1v) is 6.23. The normalized spacial score (nSPS) is 12.0. The number of anilines is 1. The molecule has 0 heterocycles. The van der Waals surface area contributed by atoms with Gasteiger partial charge >= 0.3 is 0 Å². The molecule has 17 heavy (non-hydrogen) atoms. The topological polar surface area (TPSA) is 41.1 Å². The molecule has 0 aliphatic rings. The number of rotatable bonds is 5. The highest BCUT2D eigenvalue weighted by atomic mass is 16.1. The number of aryl methyl sites for hydroxylation is 1. The van der Waals surface area contributed by atoms with Crippen LogP contribution in [-0.2, 0) is 0 Å². The Hall–Kier alpha value is -1.51. The van der Waals surface area contributed by atoms with Gasteiger partial charge in [-0.05, 0) is 51.0 Å². The summed E-state index contributed by atoms with van der Waals surface area (Å²) < 4.78 is 0. The Morgan fingerprint density at radius 2 is 2.06 bits per heavy atom. The van der Waals surface area contributed by atoms with Crippen molar-refractivity contribution in [1.29, 1.82) is 0 Å². The largest absolute Gasteiger partial charge is 0.382 e. The molecule has 1 aromatic carbocycles. The maximum Gasteiger partial charge on any atom is 0.251 e. The minimum atomic E-state index is -0.00862. The maximum absolute atomic E-state index is 11.7. The van der Waals surface area contributed by atoms with Crippen molar-refractivity contribution in [3.8, 4) is 0 Å². The van der Waals surface area contributed by atoms with Crippen LogP contribution in [0.1, 0.15) is 43.1 Å². The van der Waals surface area contributed by atoms with Crippen LogP contribution in [0.2, 0.25) is 0 Å². The first-order valence-electron chi connectivity index (χ1n) is 6.23. The predicted octanol–water partition coefficient (Wildman–Crippen LogP) is 2.96. The van der Waals surface area contributed by atoms with Crippen molar-refractivity contribution in [2.24, 2.45) is 0 Å². The van der Waals surface area contributed by atoms with Gasteiger partial charge in [0.2, 0.25) is 0 Å². The van der Waals surface area contributed by atoms with Crippen molar-refractivity contribution in [2.45, 2.75) is 40.2 Å². The van der Waals surface area contributed by atoms with Crippen molar-refractivity contribution in [3.63, 3.8) is 0 Å². The van der Waals surface area contributed by atoms with Crippen LogP contribution in [0.5, 0.6) is 0 Å². The van der Waals surface area contributed by atoms with Crippen LogP contribution in [0, 0.1) is 6.92 Å². The molecule has 0 radical (unpaired) electrons. The molecule has 2 N–H and O–H groups in total. The van der Waals surface area contributed by atoms with E-state index in [2.05, 4.69) is 24.5 Å². The Morgan fingerprint density at radius 1 is 1.35 bits per heavy atom. The third kappa shape index (κ3) is 3.77. The lowest BCUT2D eigenvalue weighted by Crippen LogP contribution is -2.23. The molecule has 1 amide bonds. The number of amides is 1. The van der Waals surface area contributed by atoms with Gasteiger partial charge in [0.25, 0.3) is 5.91 Å². The molecule has 0 aliphatic carbocycles. The van der Waals surface area contributed by atoms with Crippen molar-refractivity contribution >= 4 is 11.6 Å². The predicted molar refractivity (Wildman–Crippen MR) is 72.6 cm³/mol. The molecule has 0 fully saturated rings. The van der Waals surface area contributed by atoms with Gasteiger partial charge < -0.3 is 10.6 Å². The maximum atomic E-state index is 11.7. The molecule has 3 nitrogen and oxygen atoms in total. The quantitative estimate of drug-likeness (QED) is 0.822. The van der Waals surface area contributed by atoms with Gasteiger partial charge in [-0.2, -0.15) is 0 Å². The van der Waals surface area contributed by atoms with Gasteiger partial charge in [0.1, 0.15) is 0 Å². The van der Waals surface area contributed by atoms with Crippen LogP contribution in [0.25, 0.3) is 0 Å². The molecule has 0 aromatic heterocycles. The fraction of sp³-hybridized carbons (Fsp3) is 0.500. The van der Waals surface area contributed by atoms with Crippen molar-refractivity contribution in [2.75, 3.05) is 11.9 Å². The summed E-state index contributed by atoms with van der Waals surface area (Å²) in [4.78, 5) is 11.7. The molecule has 0 saturated carbocycles. The summed E-state index contributed by atoms with van der Waals surface area (Å²) in [6.07, 6.45) is 1.08. The van der Waals surface area contributed by atoms with E-state index in [1.807, 2.05) is 32.0 Å². The molecule has 1 aromatic rings. The van der Waals surface area contributed by atoms with E-state index in [0.29, 0.717) is 12.6 Å². The fourth-order valence-electron chi connectivity index (χ4n) is 1.60. The molecule has 94 valence electrons. The molecular formula is C14H22N2O. The Morgan fingerprint density at radius 3 is 2.59 bits per heavy atom. The monoisotopic (exact) mass is 234 g/mol. The summed E-state index contributed by atoms with van der Waals surface area (Å²) in [5.41, 5.74) is 2.93. The minimum absolute atomic E-state index is 0.00862. The second kappa shape index (κ2) is 6.28. The molecule has 1 rings (SSSR count). The molecule has 3 heteroatoms. The molecule has 0 spiro atoms. The highest BCUT2D eigenvalue weighted by Crippen LogP contribution is 2.18. The number of carbonyl (C=O) groups is 1. The zero-order valence-corrected chi connectivity index (χ0v) is 11.1. The number of nitrogens with one attached hydrogen (secondary N) is 2. The van der Waals surface area contributed by atoms with Crippen LogP contribution >= 0.6 is 0 Å². The Balaban J connectivity index is 2.82. The number of benzene rings is 1. The van der Waals surface area contributed by atoms with Gasteiger partial charge in [0, 0.05) is 23.8 Å². The van der Waals surface area contributed by atoms with Crippen LogP contribution in [0.3, 0.4) is 0 Å². The molecule has 0 saturated heterocycles. The lowest BCUT2D eigenvalue weighted by molar-refractivity contribution is 0.0956. The average molecular weight is 234 g/mol. The summed E-state index contributed by atoms with van der Waals surface area (Å²) in [6.45, 7) is 8.90. The zero-order valence-electron chi connectivity index (χ0n) is 11.1. The lowest BCUT2D eigenvalue weighted by Gasteiger charge is -2.15. The van der Waals surface area contributed by atoms with Gasteiger partial charge in [0.15, 0.2) is 0 Å². The van der Waals surface area contributed by atoms with Gasteiger partial charge in [-0.25, -0.2) is 0 Å². The van der Waals surface area contributed by atoms with Crippen molar-refractivity contribution in [1.82, 2.24) is 5.32 Å². The SMILES string of the molecule is CCNC(=O)c1ccc(NC(C)CC)c(C)c1. The van der Waals surface area contributed by atoms with E-state index >= 15 is 0 Å². The zero-order chi connectivity index (χ0) is 12.8. The number of hydrogen-bond acceptors (Lipinski definition) is 2. The average Bonchev–Trinajstić information content (AvgIpc) is 2.31. The molecule has 1 unspecified atom stereocenters. The van der Waals surface area contributed by atoms with Crippen LogP contribution in [0.15, 0.2) is 18.2 Å². The van der Waals surface area contributed by atoms with E-state index in [4.69, 9.17) is 0 Å². The van der Waals surface area contributed by atoms with E-state index in [0.717, 1.165) is 23.2 Å². The van der Waals surface area contributed by atoms with Gasteiger partial charge in [-0.1, -0.05) is 6.92 Å². The molecule has 0 aliphatic heterocycles. The summed E-state index contributed by atoms with van der Waals surface area (Å²) >= 11 is 0. The van der Waals surface area contributed by atoms with Crippen LogP contribution in [0.4, 0.5) is 5.69 Å². The van der Waals surface area contributed by atoms with E-state index in [1.165, 1.54) is 0 Å². The molecular weight excluding hydrogens is 212 g/mol. The van der Waals surface area contributed by atoms with Gasteiger partial charge in [0.05, 0.1) is 0 Å².